The second-order valence-electron chi connectivity index (χ2n) is 11.8. The summed E-state index contributed by atoms with van der Waals surface area (Å²) in [5.41, 5.74) is 18.4. The van der Waals surface area contributed by atoms with Crippen LogP contribution in [-0.4, -0.2) is 84.0 Å². The SMILES string of the molecule is N=C(N)NCCC[C@H](NC(=O)[C@@H]1CCCN1C(=O)[C@H](CCCNC(=N)N)NC(=O)Cc1ccccc1)C(=O)NCc1ccc(C(=N)N)cc1. The van der Waals surface area contributed by atoms with Gasteiger partial charge in [0.2, 0.25) is 23.6 Å². The number of guanidine groups is 2. The molecule has 0 aromatic heterocycles. The maximum atomic E-state index is 13.9. The van der Waals surface area contributed by atoms with Gasteiger partial charge in [-0.1, -0.05) is 54.6 Å². The van der Waals surface area contributed by atoms with E-state index < -0.39 is 35.8 Å². The summed E-state index contributed by atoms with van der Waals surface area (Å²) in [5.74, 6) is -2.12. The molecule has 0 unspecified atom stereocenters. The Balaban J connectivity index is 1.70. The number of nitrogens with zero attached hydrogens (tertiary/aromatic N) is 1. The van der Waals surface area contributed by atoms with Crippen molar-refractivity contribution in [3.63, 3.8) is 0 Å². The van der Waals surface area contributed by atoms with Crippen molar-refractivity contribution >= 4 is 41.4 Å². The summed E-state index contributed by atoms with van der Waals surface area (Å²) in [5, 5.41) is 36.2. The second-order valence-corrected chi connectivity index (χ2v) is 11.8. The maximum Gasteiger partial charge on any atom is 0.245 e. The summed E-state index contributed by atoms with van der Waals surface area (Å²) in [6.45, 7) is 1.13. The van der Waals surface area contributed by atoms with Crippen molar-refractivity contribution in [2.45, 2.75) is 69.6 Å². The number of nitrogen functional groups attached to an aromatic ring is 1. The van der Waals surface area contributed by atoms with Gasteiger partial charge in [0.15, 0.2) is 11.9 Å². The van der Waals surface area contributed by atoms with Crippen molar-refractivity contribution in [2.24, 2.45) is 17.2 Å². The molecule has 0 bridgehead atoms. The van der Waals surface area contributed by atoms with Crippen LogP contribution in [0, 0.1) is 16.2 Å². The average molecular weight is 677 g/mol. The molecule has 1 heterocycles. The van der Waals surface area contributed by atoms with E-state index in [0.29, 0.717) is 50.9 Å². The molecular weight excluding hydrogens is 628 g/mol. The fourth-order valence-corrected chi connectivity index (χ4v) is 5.50. The summed E-state index contributed by atoms with van der Waals surface area (Å²) in [6.07, 6.45) is 2.38. The Bertz CT molecular complexity index is 1470. The maximum absolute atomic E-state index is 13.9. The normalized spacial score (nSPS) is 14.9. The third-order valence-corrected chi connectivity index (χ3v) is 8.01. The van der Waals surface area contributed by atoms with Gasteiger partial charge in [-0.05, 0) is 49.7 Å². The van der Waals surface area contributed by atoms with Gasteiger partial charge in [-0.25, -0.2) is 0 Å². The topological polar surface area (TPSA) is 281 Å². The van der Waals surface area contributed by atoms with Crippen LogP contribution in [0.15, 0.2) is 54.6 Å². The largest absolute Gasteiger partial charge is 0.384 e. The molecular formula is C33H48N12O4. The van der Waals surface area contributed by atoms with Gasteiger partial charge in [0.05, 0.1) is 6.42 Å². The van der Waals surface area contributed by atoms with Crippen LogP contribution >= 0.6 is 0 Å². The Labute approximate surface area is 285 Å². The van der Waals surface area contributed by atoms with Crippen molar-refractivity contribution in [3.05, 3.63) is 71.3 Å². The first kappa shape index (κ1) is 37.8. The van der Waals surface area contributed by atoms with Crippen molar-refractivity contribution in [3.8, 4) is 0 Å². The van der Waals surface area contributed by atoms with E-state index in [9.17, 15) is 19.2 Å². The lowest BCUT2D eigenvalue weighted by molar-refractivity contribution is -0.142. The van der Waals surface area contributed by atoms with Gasteiger partial charge in [0.1, 0.15) is 24.0 Å². The van der Waals surface area contributed by atoms with E-state index in [1.165, 1.54) is 4.90 Å². The highest BCUT2D eigenvalue weighted by Crippen LogP contribution is 2.20. The summed E-state index contributed by atoms with van der Waals surface area (Å²) in [7, 11) is 0. The van der Waals surface area contributed by atoms with E-state index in [2.05, 4.69) is 26.6 Å². The van der Waals surface area contributed by atoms with Gasteiger partial charge < -0.3 is 48.7 Å². The lowest BCUT2D eigenvalue weighted by atomic mass is 10.1. The highest BCUT2D eigenvalue weighted by Gasteiger charge is 2.38. The number of likely N-dealkylation sites (tertiary alicyclic amines) is 1. The molecule has 1 aliphatic heterocycles. The van der Waals surface area contributed by atoms with E-state index in [1.807, 2.05) is 30.3 Å². The molecule has 0 spiro atoms. The molecule has 1 aliphatic rings. The Morgan fingerprint density at radius 3 is 1.98 bits per heavy atom. The van der Waals surface area contributed by atoms with Crippen LogP contribution < -0.4 is 43.8 Å². The molecule has 3 atom stereocenters. The van der Waals surface area contributed by atoms with Gasteiger partial charge in [-0.3, -0.25) is 35.4 Å². The number of carbonyl (C=O) groups is 4. The summed E-state index contributed by atoms with van der Waals surface area (Å²) < 4.78 is 0. The molecule has 16 nitrogen and oxygen atoms in total. The molecule has 2 aromatic carbocycles. The number of amidine groups is 1. The van der Waals surface area contributed by atoms with E-state index in [1.54, 1.807) is 24.3 Å². The minimum Gasteiger partial charge on any atom is -0.384 e. The molecule has 0 saturated carbocycles. The van der Waals surface area contributed by atoms with Crippen LogP contribution in [0.3, 0.4) is 0 Å². The van der Waals surface area contributed by atoms with Crippen LogP contribution in [0.4, 0.5) is 0 Å². The van der Waals surface area contributed by atoms with Crippen LogP contribution in [0.25, 0.3) is 0 Å². The van der Waals surface area contributed by atoms with E-state index in [0.717, 1.165) is 11.1 Å². The van der Waals surface area contributed by atoms with Crippen molar-refractivity contribution in [1.82, 2.24) is 31.5 Å². The number of rotatable bonds is 18. The minimum atomic E-state index is -0.936. The molecule has 1 fully saturated rings. The molecule has 4 amide bonds. The molecule has 1 saturated heterocycles. The molecule has 14 N–H and O–H groups in total. The zero-order valence-electron chi connectivity index (χ0n) is 27.5. The molecule has 0 radical (unpaired) electrons. The lowest BCUT2D eigenvalue weighted by Crippen LogP contribution is -2.56. The van der Waals surface area contributed by atoms with E-state index in [-0.39, 0.29) is 49.5 Å². The van der Waals surface area contributed by atoms with Gasteiger partial charge in [0, 0.05) is 31.7 Å². The monoisotopic (exact) mass is 676 g/mol. The third-order valence-electron chi connectivity index (χ3n) is 8.01. The predicted octanol–water partition coefficient (Wildman–Crippen LogP) is -0.683. The molecule has 2 aromatic rings. The number of hydrogen-bond donors (Lipinski definition) is 11. The number of nitrogens with one attached hydrogen (secondary N) is 8. The fourth-order valence-electron chi connectivity index (χ4n) is 5.50. The first-order valence-electron chi connectivity index (χ1n) is 16.3. The number of carbonyl (C=O) groups excluding carboxylic acids is 4. The van der Waals surface area contributed by atoms with Crippen molar-refractivity contribution in [1.29, 1.82) is 16.2 Å². The predicted molar refractivity (Wildman–Crippen MR) is 186 cm³/mol. The molecule has 0 aliphatic carbocycles. The summed E-state index contributed by atoms with van der Waals surface area (Å²) >= 11 is 0. The van der Waals surface area contributed by atoms with E-state index >= 15 is 0 Å². The standard InChI is InChI=1S/C33H48N12O4/c34-28(35)23-14-12-22(13-15-23)20-42-29(47)24(9-4-16-40-32(36)37)44-30(48)26-11-6-18-45(26)31(49)25(10-5-17-41-33(38)39)43-27(46)19-21-7-2-1-3-8-21/h1-3,7-8,12-15,24-26H,4-6,9-11,16-20H2,(H3,34,35)(H,42,47)(H,43,46)(H,44,48)(H4,36,37,40)(H4,38,39,41)/t24-,25-,26-/m0/s1. The molecule has 49 heavy (non-hydrogen) atoms. The summed E-state index contributed by atoms with van der Waals surface area (Å²) in [4.78, 5) is 55.4. The number of nitrogens with two attached hydrogens (primary N) is 3. The Hall–Kier alpha value is -5.67. The number of hydrogen-bond acceptors (Lipinski definition) is 7. The van der Waals surface area contributed by atoms with E-state index in [4.69, 9.17) is 33.4 Å². The van der Waals surface area contributed by atoms with Crippen molar-refractivity contribution in [2.75, 3.05) is 19.6 Å². The zero-order valence-corrected chi connectivity index (χ0v) is 27.5. The van der Waals surface area contributed by atoms with Gasteiger partial charge in [-0.2, -0.15) is 0 Å². The van der Waals surface area contributed by atoms with Crippen molar-refractivity contribution < 1.29 is 19.2 Å². The van der Waals surface area contributed by atoms with Gasteiger partial charge in [0.25, 0.3) is 0 Å². The van der Waals surface area contributed by atoms with Crippen LogP contribution in [0.5, 0.6) is 0 Å². The first-order chi connectivity index (χ1) is 23.4. The minimum absolute atomic E-state index is 0.0668. The Morgan fingerprint density at radius 2 is 1.39 bits per heavy atom. The highest BCUT2D eigenvalue weighted by molar-refractivity contribution is 5.95. The molecule has 3 rings (SSSR count). The second kappa shape index (κ2) is 19.2. The first-order valence-corrected chi connectivity index (χ1v) is 16.3. The zero-order chi connectivity index (χ0) is 35.8. The Morgan fingerprint density at radius 1 is 0.776 bits per heavy atom. The smallest absolute Gasteiger partial charge is 0.245 e. The average Bonchev–Trinajstić information content (AvgIpc) is 3.57. The quantitative estimate of drug-likeness (QED) is 0.0541. The van der Waals surface area contributed by atoms with Gasteiger partial charge in [-0.15, -0.1) is 0 Å². The fraction of sp³-hybridized carbons (Fsp3) is 0.424. The van der Waals surface area contributed by atoms with Crippen LogP contribution in [0.2, 0.25) is 0 Å². The highest BCUT2D eigenvalue weighted by atomic mass is 16.2. The van der Waals surface area contributed by atoms with Crippen LogP contribution in [-0.2, 0) is 32.1 Å². The summed E-state index contributed by atoms with van der Waals surface area (Å²) in [6, 6.07) is 13.3. The van der Waals surface area contributed by atoms with Crippen LogP contribution in [0.1, 0.15) is 55.2 Å². The number of amides is 4. The lowest BCUT2D eigenvalue weighted by Gasteiger charge is -2.30. The number of benzene rings is 2. The Kier molecular flexibility index (Phi) is 14.8. The third kappa shape index (κ3) is 12.8. The molecule has 264 valence electrons. The van der Waals surface area contributed by atoms with Gasteiger partial charge >= 0.3 is 0 Å². The molecule has 16 heteroatoms.